The molecule has 4 rings (SSSR count). The topological polar surface area (TPSA) is 54.5 Å². The lowest BCUT2D eigenvalue weighted by Gasteiger charge is -2.33. The Bertz CT molecular complexity index is 798. The first-order valence-corrected chi connectivity index (χ1v) is 10.0. The van der Waals surface area contributed by atoms with Gasteiger partial charge in [-0.05, 0) is 49.4 Å². The number of ether oxygens (including phenoxy) is 1. The van der Waals surface area contributed by atoms with Crippen LogP contribution < -0.4 is 5.32 Å². The van der Waals surface area contributed by atoms with E-state index < -0.39 is 0 Å². The Balaban J connectivity index is 1.28. The summed E-state index contributed by atoms with van der Waals surface area (Å²) in [5, 5.41) is 3.13. The molecule has 2 saturated heterocycles. The maximum atomic E-state index is 13.4. The van der Waals surface area contributed by atoms with Gasteiger partial charge in [0.1, 0.15) is 5.82 Å². The van der Waals surface area contributed by atoms with Gasteiger partial charge in [-0.15, -0.1) is 0 Å². The number of piperidine rings is 1. The second-order valence-electron chi connectivity index (χ2n) is 7.72. The molecule has 1 N–H and O–H groups in total. The molecule has 0 saturated carbocycles. The van der Waals surface area contributed by atoms with Gasteiger partial charge in [0.15, 0.2) is 0 Å². The number of carbonyl (C=O) groups excluding carboxylic acids is 1. The van der Waals surface area contributed by atoms with Crippen molar-refractivity contribution < 1.29 is 13.9 Å². The lowest BCUT2D eigenvalue weighted by molar-refractivity contribution is 0.0903. The molecule has 28 heavy (non-hydrogen) atoms. The van der Waals surface area contributed by atoms with E-state index in [-0.39, 0.29) is 17.8 Å². The maximum Gasteiger partial charge on any atom is 0.253 e. The molecule has 0 aliphatic carbocycles. The molecule has 0 radical (unpaired) electrons. The summed E-state index contributed by atoms with van der Waals surface area (Å²) >= 11 is 0. The van der Waals surface area contributed by atoms with Crippen molar-refractivity contribution in [2.45, 2.75) is 25.3 Å². The highest BCUT2D eigenvalue weighted by Crippen LogP contribution is 2.19. The zero-order valence-corrected chi connectivity index (χ0v) is 15.9. The van der Waals surface area contributed by atoms with Crippen LogP contribution in [0.3, 0.4) is 0 Å². The first kappa shape index (κ1) is 19.0. The van der Waals surface area contributed by atoms with Gasteiger partial charge in [0, 0.05) is 44.0 Å². The molecule has 1 aromatic carbocycles. The summed E-state index contributed by atoms with van der Waals surface area (Å²) in [7, 11) is 0. The van der Waals surface area contributed by atoms with Crippen LogP contribution in [-0.4, -0.2) is 54.7 Å². The highest BCUT2D eigenvalue weighted by Gasteiger charge is 2.24. The minimum Gasteiger partial charge on any atom is -0.381 e. The van der Waals surface area contributed by atoms with Gasteiger partial charge in [-0.1, -0.05) is 12.1 Å². The second-order valence-corrected chi connectivity index (χ2v) is 7.72. The van der Waals surface area contributed by atoms with Gasteiger partial charge in [-0.3, -0.25) is 9.78 Å². The molecule has 0 bridgehead atoms. The Morgan fingerprint density at radius 2 is 2.07 bits per heavy atom. The van der Waals surface area contributed by atoms with Gasteiger partial charge < -0.3 is 15.0 Å². The monoisotopic (exact) mass is 383 g/mol. The van der Waals surface area contributed by atoms with Crippen LogP contribution in [0.25, 0.3) is 11.3 Å². The largest absolute Gasteiger partial charge is 0.381 e. The van der Waals surface area contributed by atoms with Crippen molar-refractivity contribution in [1.82, 2.24) is 15.2 Å². The highest BCUT2D eigenvalue weighted by molar-refractivity contribution is 5.94. The van der Waals surface area contributed by atoms with Crippen molar-refractivity contribution in [2.75, 3.05) is 32.8 Å². The van der Waals surface area contributed by atoms with Crippen molar-refractivity contribution in [3.05, 3.63) is 54.0 Å². The Labute approximate surface area is 164 Å². The van der Waals surface area contributed by atoms with E-state index in [0.717, 1.165) is 52.1 Å². The molecule has 2 aromatic rings. The third-order valence-electron chi connectivity index (χ3n) is 5.61. The molecule has 1 unspecified atom stereocenters. The van der Waals surface area contributed by atoms with Gasteiger partial charge in [-0.2, -0.15) is 0 Å². The van der Waals surface area contributed by atoms with Gasteiger partial charge in [0.05, 0.1) is 17.9 Å². The Morgan fingerprint density at radius 1 is 1.21 bits per heavy atom. The summed E-state index contributed by atoms with van der Waals surface area (Å²) in [4.78, 5) is 19.3. The fourth-order valence-corrected chi connectivity index (χ4v) is 3.97. The average molecular weight is 383 g/mol. The van der Waals surface area contributed by atoms with E-state index in [2.05, 4.69) is 15.2 Å². The molecular formula is C22H26FN3O2. The van der Waals surface area contributed by atoms with Crippen molar-refractivity contribution in [2.24, 2.45) is 5.92 Å². The summed E-state index contributed by atoms with van der Waals surface area (Å²) in [6.45, 7) is 4.90. The fourth-order valence-electron chi connectivity index (χ4n) is 3.97. The smallest absolute Gasteiger partial charge is 0.253 e. The van der Waals surface area contributed by atoms with Crippen molar-refractivity contribution in [1.29, 1.82) is 0 Å². The number of nitrogens with one attached hydrogen (secondary N) is 1. The molecular weight excluding hydrogens is 357 g/mol. The number of aromatic nitrogens is 1. The number of halogens is 1. The summed E-state index contributed by atoms with van der Waals surface area (Å²) in [6, 6.07) is 10.0. The standard InChI is InChI=1S/C22H26FN3O2/c23-19-3-1-2-17(12-19)21-5-4-18(13-24-21)22(27)25-20-6-9-26(10-7-20)14-16-8-11-28-15-16/h1-5,12-13,16,20H,6-11,14-15H2,(H,25,27). The average Bonchev–Trinajstić information content (AvgIpc) is 3.23. The first-order valence-electron chi connectivity index (χ1n) is 10.0. The summed E-state index contributed by atoms with van der Waals surface area (Å²) in [5.41, 5.74) is 1.89. The third kappa shape index (κ3) is 4.75. The number of likely N-dealkylation sites (tertiary alicyclic amines) is 1. The lowest BCUT2D eigenvalue weighted by atomic mass is 10.0. The van der Waals surface area contributed by atoms with Crippen LogP contribution in [0, 0.1) is 11.7 Å². The van der Waals surface area contributed by atoms with E-state index in [0.29, 0.717) is 22.7 Å². The number of rotatable bonds is 5. The predicted molar refractivity (Wildman–Crippen MR) is 105 cm³/mol. The van der Waals surface area contributed by atoms with E-state index in [1.165, 1.54) is 12.1 Å². The lowest BCUT2D eigenvalue weighted by Crippen LogP contribution is -2.45. The van der Waals surface area contributed by atoms with E-state index in [4.69, 9.17) is 4.74 Å². The predicted octanol–water partition coefficient (Wildman–Crippen LogP) is 3.12. The molecule has 148 valence electrons. The van der Waals surface area contributed by atoms with Gasteiger partial charge in [0.2, 0.25) is 0 Å². The molecule has 1 aromatic heterocycles. The number of benzene rings is 1. The zero-order chi connectivity index (χ0) is 19.3. The van der Waals surface area contributed by atoms with Crippen LogP contribution in [0.15, 0.2) is 42.6 Å². The summed E-state index contributed by atoms with van der Waals surface area (Å²) < 4.78 is 18.8. The number of pyridine rings is 1. The van der Waals surface area contributed by atoms with Gasteiger partial charge in [0.25, 0.3) is 5.91 Å². The minimum atomic E-state index is -0.298. The van der Waals surface area contributed by atoms with Crippen molar-refractivity contribution in [3.63, 3.8) is 0 Å². The van der Waals surface area contributed by atoms with E-state index >= 15 is 0 Å². The minimum absolute atomic E-state index is 0.0964. The van der Waals surface area contributed by atoms with Crippen LogP contribution >= 0.6 is 0 Å². The number of hydrogen-bond acceptors (Lipinski definition) is 4. The number of carbonyl (C=O) groups is 1. The highest BCUT2D eigenvalue weighted by atomic mass is 19.1. The maximum absolute atomic E-state index is 13.4. The van der Waals surface area contributed by atoms with Gasteiger partial charge >= 0.3 is 0 Å². The molecule has 2 fully saturated rings. The molecule has 2 aliphatic rings. The molecule has 1 atom stereocenters. The van der Waals surface area contributed by atoms with Crippen LogP contribution in [0.4, 0.5) is 4.39 Å². The number of nitrogens with zero attached hydrogens (tertiary/aromatic N) is 2. The van der Waals surface area contributed by atoms with Crippen molar-refractivity contribution in [3.8, 4) is 11.3 Å². The second kappa shape index (κ2) is 8.80. The van der Waals surface area contributed by atoms with Crippen LogP contribution in [0.5, 0.6) is 0 Å². The SMILES string of the molecule is O=C(NC1CCN(CC2CCOC2)CC1)c1ccc(-c2cccc(F)c2)nc1. The first-order chi connectivity index (χ1) is 13.7. The third-order valence-corrected chi connectivity index (χ3v) is 5.61. The summed E-state index contributed by atoms with van der Waals surface area (Å²) in [5.74, 6) is 0.266. The molecule has 6 heteroatoms. The van der Waals surface area contributed by atoms with Crippen molar-refractivity contribution >= 4 is 5.91 Å². The summed E-state index contributed by atoms with van der Waals surface area (Å²) in [6.07, 6.45) is 4.66. The molecule has 1 amide bonds. The fraction of sp³-hybridized carbons (Fsp3) is 0.455. The normalized spacial score (nSPS) is 21.0. The van der Waals surface area contributed by atoms with Crippen LogP contribution in [-0.2, 0) is 4.74 Å². The van der Waals surface area contributed by atoms with Crippen LogP contribution in [0.2, 0.25) is 0 Å². The number of hydrogen-bond donors (Lipinski definition) is 1. The van der Waals surface area contributed by atoms with E-state index in [9.17, 15) is 9.18 Å². The Hall–Kier alpha value is -2.31. The zero-order valence-electron chi connectivity index (χ0n) is 15.9. The van der Waals surface area contributed by atoms with E-state index in [1.807, 2.05) is 0 Å². The quantitative estimate of drug-likeness (QED) is 0.862. The molecule has 2 aliphatic heterocycles. The Kier molecular flexibility index (Phi) is 5.98. The van der Waals surface area contributed by atoms with Crippen LogP contribution in [0.1, 0.15) is 29.6 Å². The molecule has 3 heterocycles. The molecule has 0 spiro atoms. The molecule has 5 nitrogen and oxygen atoms in total. The Morgan fingerprint density at radius 3 is 2.75 bits per heavy atom. The van der Waals surface area contributed by atoms with E-state index in [1.54, 1.807) is 30.5 Å². The van der Waals surface area contributed by atoms with Gasteiger partial charge in [-0.25, -0.2) is 4.39 Å². The number of amides is 1.